The van der Waals surface area contributed by atoms with Crippen molar-refractivity contribution in [2.24, 2.45) is 4.99 Å². The summed E-state index contributed by atoms with van der Waals surface area (Å²) in [5.74, 6) is 2.09. The van der Waals surface area contributed by atoms with Crippen molar-refractivity contribution in [1.29, 1.82) is 0 Å². The van der Waals surface area contributed by atoms with E-state index in [0.717, 1.165) is 11.5 Å². The fraction of sp³-hybridized carbons (Fsp3) is 0.688. The SMILES string of the molecule is CN=C(NCc1nc(C)c(C)o1)NC1CN(C(=O)OC(C)(C)C)C1.I. The van der Waals surface area contributed by atoms with Gasteiger partial charge in [0, 0.05) is 20.1 Å². The van der Waals surface area contributed by atoms with Crippen LogP contribution in [0.3, 0.4) is 0 Å². The highest BCUT2D eigenvalue weighted by atomic mass is 127. The number of ether oxygens (including phenoxy) is 1. The van der Waals surface area contributed by atoms with E-state index >= 15 is 0 Å². The number of amides is 1. The molecule has 0 spiro atoms. The summed E-state index contributed by atoms with van der Waals surface area (Å²) in [6.45, 7) is 11.0. The third-order valence-electron chi connectivity index (χ3n) is 3.58. The molecule has 1 aliphatic rings. The molecule has 1 aromatic heterocycles. The van der Waals surface area contributed by atoms with Gasteiger partial charge in [-0.05, 0) is 34.6 Å². The number of aromatic nitrogens is 1. The van der Waals surface area contributed by atoms with Crippen LogP contribution in [0, 0.1) is 13.8 Å². The Morgan fingerprint density at radius 1 is 1.40 bits per heavy atom. The molecule has 1 aromatic rings. The van der Waals surface area contributed by atoms with Gasteiger partial charge in [-0.3, -0.25) is 4.99 Å². The summed E-state index contributed by atoms with van der Waals surface area (Å²) in [6.07, 6.45) is -0.283. The van der Waals surface area contributed by atoms with Crippen LogP contribution in [0.1, 0.15) is 38.1 Å². The van der Waals surface area contributed by atoms with Crippen LogP contribution in [0.4, 0.5) is 4.79 Å². The van der Waals surface area contributed by atoms with Crippen molar-refractivity contribution in [3.63, 3.8) is 0 Å². The summed E-state index contributed by atoms with van der Waals surface area (Å²) in [5, 5.41) is 6.42. The third kappa shape index (κ3) is 6.37. The Kier molecular flexibility index (Phi) is 7.51. The highest BCUT2D eigenvalue weighted by molar-refractivity contribution is 14.0. The van der Waals surface area contributed by atoms with Gasteiger partial charge in [-0.25, -0.2) is 9.78 Å². The lowest BCUT2D eigenvalue weighted by molar-refractivity contribution is 0.00701. The molecule has 2 heterocycles. The highest BCUT2D eigenvalue weighted by Gasteiger charge is 2.34. The van der Waals surface area contributed by atoms with E-state index in [4.69, 9.17) is 9.15 Å². The first-order valence-electron chi connectivity index (χ1n) is 8.06. The number of hydrogen-bond acceptors (Lipinski definition) is 5. The normalized spacial score (nSPS) is 15.3. The summed E-state index contributed by atoms with van der Waals surface area (Å²) < 4.78 is 10.9. The van der Waals surface area contributed by atoms with Crippen molar-refractivity contribution in [3.05, 3.63) is 17.3 Å². The zero-order chi connectivity index (χ0) is 17.9. The first-order chi connectivity index (χ1) is 11.2. The molecular weight excluding hydrogens is 437 g/mol. The van der Waals surface area contributed by atoms with Gasteiger partial charge in [-0.1, -0.05) is 0 Å². The Balaban J connectivity index is 0.00000312. The van der Waals surface area contributed by atoms with E-state index in [2.05, 4.69) is 20.6 Å². The lowest BCUT2D eigenvalue weighted by Gasteiger charge is -2.40. The third-order valence-corrected chi connectivity index (χ3v) is 3.58. The first-order valence-corrected chi connectivity index (χ1v) is 8.06. The van der Waals surface area contributed by atoms with Gasteiger partial charge in [0.15, 0.2) is 5.96 Å². The van der Waals surface area contributed by atoms with Gasteiger partial charge >= 0.3 is 6.09 Å². The molecule has 9 heteroatoms. The van der Waals surface area contributed by atoms with E-state index in [1.165, 1.54) is 0 Å². The zero-order valence-electron chi connectivity index (χ0n) is 15.7. The number of oxazole rings is 1. The van der Waals surface area contributed by atoms with Gasteiger partial charge in [-0.2, -0.15) is 0 Å². The molecule has 0 bridgehead atoms. The van der Waals surface area contributed by atoms with Gasteiger partial charge in [-0.15, -0.1) is 24.0 Å². The van der Waals surface area contributed by atoms with Crippen LogP contribution in [-0.2, 0) is 11.3 Å². The van der Waals surface area contributed by atoms with Crippen molar-refractivity contribution < 1.29 is 13.9 Å². The Morgan fingerprint density at radius 3 is 2.52 bits per heavy atom. The molecule has 1 fully saturated rings. The summed E-state index contributed by atoms with van der Waals surface area (Å²) in [7, 11) is 1.70. The minimum atomic E-state index is -0.473. The van der Waals surface area contributed by atoms with E-state index in [9.17, 15) is 4.79 Å². The van der Waals surface area contributed by atoms with Gasteiger partial charge in [0.2, 0.25) is 5.89 Å². The standard InChI is InChI=1S/C16H27N5O3.HI/c1-10-11(2)23-13(19-10)7-18-14(17-6)20-12-8-21(9-12)15(22)24-16(3,4)5;/h12H,7-9H2,1-6H3,(H2,17,18,20);1H. The van der Waals surface area contributed by atoms with Crippen LogP contribution in [0.25, 0.3) is 0 Å². The van der Waals surface area contributed by atoms with Crippen LogP contribution < -0.4 is 10.6 Å². The number of aliphatic imine (C=N–C) groups is 1. The van der Waals surface area contributed by atoms with E-state index in [1.807, 2.05) is 34.6 Å². The van der Waals surface area contributed by atoms with E-state index in [0.29, 0.717) is 31.5 Å². The van der Waals surface area contributed by atoms with Crippen LogP contribution in [0.5, 0.6) is 0 Å². The van der Waals surface area contributed by atoms with E-state index in [-0.39, 0.29) is 36.1 Å². The number of aryl methyl sites for hydroxylation is 2. The molecule has 0 atom stereocenters. The van der Waals surface area contributed by atoms with Crippen molar-refractivity contribution in [3.8, 4) is 0 Å². The number of carbonyl (C=O) groups is 1. The quantitative estimate of drug-likeness (QED) is 0.404. The Morgan fingerprint density at radius 2 is 2.04 bits per heavy atom. The van der Waals surface area contributed by atoms with Crippen molar-refractivity contribution in [2.45, 2.75) is 52.8 Å². The molecule has 8 nitrogen and oxygen atoms in total. The largest absolute Gasteiger partial charge is 0.444 e. The Labute approximate surface area is 165 Å². The molecule has 0 unspecified atom stereocenters. The minimum absolute atomic E-state index is 0. The summed E-state index contributed by atoms with van der Waals surface area (Å²) in [5.41, 5.74) is 0.418. The number of likely N-dealkylation sites (tertiary alicyclic amines) is 1. The van der Waals surface area contributed by atoms with Crippen molar-refractivity contribution in [1.82, 2.24) is 20.5 Å². The second-order valence-corrected chi connectivity index (χ2v) is 6.90. The molecule has 0 aromatic carbocycles. The molecule has 2 rings (SSSR count). The second kappa shape index (κ2) is 8.72. The smallest absolute Gasteiger partial charge is 0.410 e. The predicted molar refractivity (Wildman–Crippen MR) is 106 cm³/mol. The maximum atomic E-state index is 11.9. The van der Waals surface area contributed by atoms with Crippen LogP contribution in [0.2, 0.25) is 0 Å². The number of nitrogens with one attached hydrogen (secondary N) is 2. The van der Waals surface area contributed by atoms with Gasteiger partial charge in [0.05, 0.1) is 18.3 Å². The van der Waals surface area contributed by atoms with Crippen molar-refractivity contribution >= 4 is 36.0 Å². The van der Waals surface area contributed by atoms with Crippen molar-refractivity contribution in [2.75, 3.05) is 20.1 Å². The number of carbonyl (C=O) groups excluding carboxylic acids is 1. The lowest BCUT2D eigenvalue weighted by Crippen LogP contribution is -2.63. The molecule has 0 radical (unpaired) electrons. The average molecular weight is 465 g/mol. The molecule has 2 N–H and O–H groups in total. The number of hydrogen-bond donors (Lipinski definition) is 2. The first kappa shape index (κ1) is 21.5. The number of guanidine groups is 1. The van der Waals surface area contributed by atoms with Gasteiger partial charge in [0.25, 0.3) is 0 Å². The Hall–Kier alpha value is -1.52. The maximum Gasteiger partial charge on any atom is 0.410 e. The predicted octanol–water partition coefficient (Wildman–Crippen LogP) is 2.19. The Bertz CT molecular complexity index is 598. The maximum absolute atomic E-state index is 11.9. The number of rotatable bonds is 3. The summed E-state index contributed by atoms with van der Waals surface area (Å²) >= 11 is 0. The van der Waals surface area contributed by atoms with Gasteiger partial charge < -0.3 is 24.7 Å². The lowest BCUT2D eigenvalue weighted by atomic mass is 10.1. The molecule has 0 aliphatic carbocycles. The van der Waals surface area contributed by atoms with Crippen LogP contribution >= 0.6 is 24.0 Å². The molecular formula is C16H28IN5O3. The molecule has 25 heavy (non-hydrogen) atoms. The molecule has 0 saturated carbocycles. The molecule has 1 saturated heterocycles. The average Bonchev–Trinajstić information content (AvgIpc) is 2.73. The van der Waals surface area contributed by atoms with E-state index < -0.39 is 5.60 Å². The van der Waals surface area contributed by atoms with E-state index in [1.54, 1.807) is 11.9 Å². The van der Waals surface area contributed by atoms with Crippen LogP contribution in [-0.4, -0.2) is 53.7 Å². The van der Waals surface area contributed by atoms with Crippen LogP contribution in [0.15, 0.2) is 9.41 Å². The number of nitrogens with zero attached hydrogens (tertiary/aromatic N) is 3. The molecule has 1 aliphatic heterocycles. The molecule has 1 amide bonds. The highest BCUT2D eigenvalue weighted by Crippen LogP contribution is 2.15. The zero-order valence-corrected chi connectivity index (χ0v) is 18.0. The second-order valence-electron chi connectivity index (χ2n) is 6.90. The topological polar surface area (TPSA) is 92.0 Å². The van der Waals surface area contributed by atoms with Gasteiger partial charge in [0.1, 0.15) is 11.4 Å². The fourth-order valence-electron chi connectivity index (χ4n) is 2.21. The fourth-order valence-corrected chi connectivity index (χ4v) is 2.21. The monoisotopic (exact) mass is 465 g/mol. The number of halogens is 1. The summed E-state index contributed by atoms with van der Waals surface area (Å²) in [6, 6.07) is 0.150. The molecule has 142 valence electrons. The summed E-state index contributed by atoms with van der Waals surface area (Å²) in [4.78, 5) is 22.1. The minimum Gasteiger partial charge on any atom is -0.444 e.